The van der Waals surface area contributed by atoms with Crippen molar-refractivity contribution in [1.29, 1.82) is 0 Å². The van der Waals surface area contributed by atoms with Crippen LogP contribution in [0.4, 0.5) is 0 Å². The van der Waals surface area contributed by atoms with E-state index in [1.54, 1.807) is 0 Å². The van der Waals surface area contributed by atoms with Crippen LogP contribution in [0.15, 0.2) is 11.1 Å². The van der Waals surface area contributed by atoms with Crippen LogP contribution in [0.25, 0.3) is 0 Å². The normalized spacial score (nSPS) is 46.4. The summed E-state index contributed by atoms with van der Waals surface area (Å²) in [4.78, 5) is 26.1. The lowest BCUT2D eigenvalue weighted by molar-refractivity contribution is -0.232. The first-order valence-electron chi connectivity index (χ1n) is 10.8. The molecule has 0 spiro atoms. The molecule has 4 rings (SSSR count). The number of esters is 1. The second-order valence-corrected chi connectivity index (χ2v) is 10.7. The van der Waals surface area contributed by atoms with Crippen LogP contribution in [0.5, 0.6) is 0 Å². The monoisotopic (exact) mass is 406 g/mol. The standard InChI is InChI=1S/C23H34O6/c1-12-6-7-23(27)9-15-14-10-28-16(14)8-17(25)22(15,5)20(26)19(29-13(2)24)18(12)21(3,4)11-23/h14-17,19,25,27H,6-11H2,1-5H3. The summed E-state index contributed by atoms with van der Waals surface area (Å²) in [5, 5.41) is 22.9. The molecule has 1 heterocycles. The van der Waals surface area contributed by atoms with Crippen molar-refractivity contribution in [2.75, 3.05) is 6.61 Å². The molecule has 0 amide bonds. The molecule has 7 unspecified atom stereocenters. The second kappa shape index (κ2) is 6.63. The van der Waals surface area contributed by atoms with Gasteiger partial charge in [0, 0.05) is 19.3 Å². The van der Waals surface area contributed by atoms with Gasteiger partial charge in [0.25, 0.3) is 0 Å². The van der Waals surface area contributed by atoms with E-state index in [1.807, 2.05) is 27.7 Å². The predicted octanol–water partition coefficient (Wildman–Crippen LogP) is 2.55. The molecule has 4 aliphatic rings. The van der Waals surface area contributed by atoms with Crippen molar-refractivity contribution >= 4 is 11.8 Å². The molecule has 0 aromatic rings. The van der Waals surface area contributed by atoms with Crippen molar-refractivity contribution in [3.8, 4) is 0 Å². The van der Waals surface area contributed by atoms with Crippen LogP contribution in [0.1, 0.15) is 66.7 Å². The Kier molecular flexibility index (Phi) is 4.80. The Bertz CT molecular complexity index is 769. The first-order chi connectivity index (χ1) is 13.4. The summed E-state index contributed by atoms with van der Waals surface area (Å²) in [5.41, 5.74) is -0.740. The molecule has 7 atom stereocenters. The fourth-order valence-corrected chi connectivity index (χ4v) is 6.82. The number of rotatable bonds is 1. The molecule has 0 radical (unpaired) electrons. The van der Waals surface area contributed by atoms with Crippen molar-refractivity contribution in [2.45, 2.75) is 90.6 Å². The zero-order valence-corrected chi connectivity index (χ0v) is 18.2. The number of aliphatic hydroxyl groups is 2. The van der Waals surface area contributed by atoms with Crippen molar-refractivity contribution in [2.24, 2.45) is 22.7 Å². The van der Waals surface area contributed by atoms with E-state index >= 15 is 0 Å². The number of hydrogen-bond donors (Lipinski definition) is 2. The summed E-state index contributed by atoms with van der Waals surface area (Å²) >= 11 is 0. The summed E-state index contributed by atoms with van der Waals surface area (Å²) in [6.07, 6.45) is 0.627. The minimum absolute atomic E-state index is 0.0687. The Hall–Kier alpha value is -1.24. The van der Waals surface area contributed by atoms with Gasteiger partial charge in [-0.3, -0.25) is 9.59 Å². The Morgan fingerprint density at radius 1 is 1.28 bits per heavy atom. The maximum atomic E-state index is 14.1. The largest absolute Gasteiger partial charge is 0.450 e. The third-order valence-corrected chi connectivity index (χ3v) is 8.26. The third kappa shape index (κ3) is 3.10. The first-order valence-corrected chi connectivity index (χ1v) is 10.8. The molecule has 1 aliphatic heterocycles. The molecule has 3 aliphatic carbocycles. The van der Waals surface area contributed by atoms with E-state index in [4.69, 9.17) is 9.47 Å². The number of carbonyl (C=O) groups excluding carboxylic acids is 2. The molecule has 2 N–H and O–H groups in total. The van der Waals surface area contributed by atoms with Gasteiger partial charge < -0.3 is 19.7 Å². The topological polar surface area (TPSA) is 93.1 Å². The highest BCUT2D eigenvalue weighted by Gasteiger charge is 2.64. The average molecular weight is 407 g/mol. The fourth-order valence-electron chi connectivity index (χ4n) is 6.82. The maximum Gasteiger partial charge on any atom is 0.303 e. The highest BCUT2D eigenvalue weighted by molar-refractivity contribution is 5.94. The molecule has 3 fully saturated rings. The van der Waals surface area contributed by atoms with Crippen molar-refractivity contribution in [1.82, 2.24) is 0 Å². The number of hydrogen-bond acceptors (Lipinski definition) is 6. The van der Waals surface area contributed by atoms with E-state index in [1.165, 1.54) is 6.92 Å². The lowest BCUT2D eigenvalue weighted by atomic mass is 9.53. The summed E-state index contributed by atoms with van der Waals surface area (Å²) in [6, 6.07) is 0. The summed E-state index contributed by atoms with van der Waals surface area (Å²) in [7, 11) is 0. The summed E-state index contributed by atoms with van der Waals surface area (Å²) in [6.45, 7) is 9.70. The number of carbonyl (C=O) groups is 2. The van der Waals surface area contributed by atoms with Gasteiger partial charge in [-0.2, -0.15) is 0 Å². The van der Waals surface area contributed by atoms with Gasteiger partial charge in [0.15, 0.2) is 11.9 Å². The van der Waals surface area contributed by atoms with Crippen LogP contribution in [-0.2, 0) is 19.1 Å². The second-order valence-electron chi connectivity index (χ2n) is 10.7. The molecular weight excluding hydrogens is 372 g/mol. The molecule has 2 bridgehead atoms. The Morgan fingerprint density at radius 2 is 1.97 bits per heavy atom. The molecule has 0 aromatic heterocycles. The molecule has 1 saturated heterocycles. The quantitative estimate of drug-likeness (QED) is 0.514. The number of ketones is 1. The van der Waals surface area contributed by atoms with Gasteiger partial charge in [-0.15, -0.1) is 0 Å². The Balaban J connectivity index is 1.93. The number of allylic oxidation sites excluding steroid dienone is 1. The van der Waals surface area contributed by atoms with Crippen LogP contribution in [0.3, 0.4) is 0 Å². The lowest BCUT2D eigenvalue weighted by Gasteiger charge is -2.57. The number of ether oxygens (including phenoxy) is 2. The van der Waals surface area contributed by atoms with Crippen LogP contribution >= 0.6 is 0 Å². The third-order valence-electron chi connectivity index (χ3n) is 8.26. The Morgan fingerprint density at radius 3 is 2.55 bits per heavy atom. The maximum absolute atomic E-state index is 14.1. The molecular formula is C23H34O6. The van der Waals surface area contributed by atoms with Gasteiger partial charge in [0.2, 0.25) is 0 Å². The van der Waals surface area contributed by atoms with Crippen molar-refractivity contribution in [3.63, 3.8) is 0 Å². The smallest absolute Gasteiger partial charge is 0.303 e. The van der Waals surface area contributed by atoms with Gasteiger partial charge in [0.1, 0.15) is 0 Å². The van der Waals surface area contributed by atoms with Crippen molar-refractivity contribution in [3.05, 3.63) is 11.1 Å². The van der Waals surface area contributed by atoms with Gasteiger partial charge in [0.05, 0.1) is 29.8 Å². The van der Waals surface area contributed by atoms with Crippen molar-refractivity contribution < 1.29 is 29.3 Å². The SMILES string of the molecule is CC(=O)OC1C(=O)C2(C)C(O)CC3OCC3C2CC2(O)CCC(C)=C1C(C)(C)C2. The van der Waals surface area contributed by atoms with Gasteiger partial charge in [-0.05, 0) is 56.4 Å². The fraction of sp³-hybridized carbons (Fsp3) is 0.826. The van der Waals surface area contributed by atoms with Crippen LogP contribution in [0, 0.1) is 22.7 Å². The molecule has 2 saturated carbocycles. The van der Waals surface area contributed by atoms with Crippen LogP contribution in [0.2, 0.25) is 0 Å². The minimum Gasteiger partial charge on any atom is -0.450 e. The lowest BCUT2D eigenvalue weighted by Crippen LogP contribution is -2.64. The molecule has 29 heavy (non-hydrogen) atoms. The highest BCUT2D eigenvalue weighted by Crippen LogP contribution is 2.58. The van der Waals surface area contributed by atoms with Gasteiger partial charge in [-0.1, -0.05) is 19.4 Å². The minimum atomic E-state index is -1.09. The average Bonchev–Trinajstić information content (AvgIpc) is 2.65. The Labute approximate surface area is 172 Å². The van der Waals surface area contributed by atoms with Crippen LogP contribution in [-0.4, -0.2) is 52.5 Å². The zero-order chi connectivity index (χ0) is 21.4. The summed E-state index contributed by atoms with van der Waals surface area (Å²) < 4.78 is 11.4. The number of Topliss-reactive ketones (excluding diaryl/α,β-unsaturated/α-hetero) is 1. The molecule has 0 aromatic carbocycles. The van der Waals surface area contributed by atoms with E-state index < -0.39 is 34.6 Å². The van der Waals surface area contributed by atoms with E-state index in [0.717, 1.165) is 11.1 Å². The van der Waals surface area contributed by atoms with E-state index in [0.29, 0.717) is 38.7 Å². The molecule has 6 nitrogen and oxygen atoms in total. The van der Waals surface area contributed by atoms with Gasteiger partial charge >= 0.3 is 5.97 Å². The summed E-state index contributed by atoms with van der Waals surface area (Å²) in [5.74, 6) is -0.822. The van der Waals surface area contributed by atoms with E-state index in [-0.39, 0.29) is 23.7 Å². The van der Waals surface area contributed by atoms with Crippen LogP contribution < -0.4 is 0 Å². The zero-order valence-electron chi connectivity index (χ0n) is 18.2. The number of aliphatic hydroxyl groups excluding tert-OH is 1. The number of fused-ring (bicyclic) bond motifs is 6. The highest BCUT2D eigenvalue weighted by atomic mass is 16.5. The van der Waals surface area contributed by atoms with Gasteiger partial charge in [-0.25, -0.2) is 0 Å². The predicted molar refractivity (Wildman–Crippen MR) is 106 cm³/mol. The van der Waals surface area contributed by atoms with E-state index in [2.05, 4.69) is 0 Å². The molecule has 6 heteroatoms. The molecule has 162 valence electrons. The first kappa shape index (κ1) is 21.0. The van der Waals surface area contributed by atoms with E-state index in [9.17, 15) is 19.8 Å².